The fourth-order valence-electron chi connectivity index (χ4n) is 0.405. The van der Waals surface area contributed by atoms with Crippen LogP contribution in [0.2, 0.25) is 0 Å². The predicted molar refractivity (Wildman–Crippen MR) is 49.8 cm³/mol. The second kappa shape index (κ2) is 3.47. The molecule has 1 rings (SSSR count). The molecule has 0 spiro atoms. The maximum atomic E-state index is 4.37. The van der Waals surface area contributed by atoms with Crippen molar-refractivity contribution in [1.82, 2.24) is 0 Å². The van der Waals surface area contributed by atoms with E-state index in [2.05, 4.69) is 37.9 Å². The summed E-state index contributed by atoms with van der Waals surface area (Å²) in [6.07, 6.45) is 0. The molecule has 2 unspecified atom stereocenters. The van der Waals surface area contributed by atoms with Gasteiger partial charge in [0.1, 0.15) is 0 Å². The zero-order valence-electron chi connectivity index (χ0n) is 3.89. The topological polar surface area (TPSA) is 0 Å². The van der Waals surface area contributed by atoms with Crippen molar-refractivity contribution >= 4 is 67.8 Å². The zero-order valence-corrected chi connectivity index (χ0v) is 10.00. The van der Waals surface area contributed by atoms with Gasteiger partial charge in [-0.05, 0) is 0 Å². The van der Waals surface area contributed by atoms with Crippen LogP contribution in [0, 0.1) is 0 Å². The Morgan fingerprint density at radius 3 is 1.38 bits per heavy atom. The third kappa shape index (κ3) is 2.05. The standard InChI is InChI=1S/C3H6S3Se2/c4-1-2(5)8-3(6)7-1/h1-6H. The van der Waals surface area contributed by atoms with Crippen molar-refractivity contribution in [3.8, 4) is 0 Å². The van der Waals surface area contributed by atoms with E-state index in [0.717, 1.165) is 0 Å². The maximum absolute atomic E-state index is 4.37. The first-order valence-corrected chi connectivity index (χ1v) is 7.56. The van der Waals surface area contributed by atoms with Gasteiger partial charge in [0.2, 0.25) is 0 Å². The molecule has 0 aromatic rings. The van der Waals surface area contributed by atoms with Crippen LogP contribution in [0.5, 0.6) is 0 Å². The molecule has 0 nitrogen and oxygen atoms in total. The third-order valence-corrected chi connectivity index (χ3v) is 11.6. The Kier molecular flexibility index (Phi) is 3.55. The minimum absolute atomic E-state index is 0.563. The third-order valence-electron chi connectivity index (χ3n) is 0.756. The molecule has 0 bridgehead atoms. The first kappa shape index (κ1) is 8.19. The number of hydrogen-bond donors (Lipinski definition) is 3. The van der Waals surface area contributed by atoms with Crippen LogP contribution in [0.4, 0.5) is 0 Å². The summed E-state index contributed by atoms with van der Waals surface area (Å²) in [5.74, 6) is 0. The van der Waals surface area contributed by atoms with E-state index in [-0.39, 0.29) is 0 Å². The summed E-state index contributed by atoms with van der Waals surface area (Å²) in [5.41, 5.74) is 0. The van der Waals surface area contributed by atoms with Crippen LogP contribution in [-0.4, -0.2) is 41.3 Å². The number of rotatable bonds is 0. The summed E-state index contributed by atoms with van der Waals surface area (Å²) in [7, 11) is 0. The van der Waals surface area contributed by atoms with E-state index >= 15 is 0 Å². The van der Waals surface area contributed by atoms with E-state index < -0.39 is 0 Å². The van der Waals surface area contributed by atoms with Crippen LogP contribution in [-0.2, 0) is 0 Å². The monoisotopic (exact) mass is 298 g/mol. The van der Waals surface area contributed by atoms with Crippen LogP contribution in [0.1, 0.15) is 0 Å². The Balaban J connectivity index is 2.39. The first-order valence-electron chi connectivity index (χ1n) is 2.05. The molecular formula is C3H6S3Se2. The van der Waals surface area contributed by atoms with E-state index in [1.165, 1.54) is 0 Å². The van der Waals surface area contributed by atoms with Crippen molar-refractivity contribution in [3.05, 3.63) is 0 Å². The molecule has 5 heteroatoms. The van der Waals surface area contributed by atoms with Gasteiger partial charge in [-0.2, -0.15) is 0 Å². The summed E-state index contributed by atoms with van der Waals surface area (Å²) in [6, 6.07) is 0. The second-order valence-electron chi connectivity index (χ2n) is 1.36. The Morgan fingerprint density at radius 1 is 0.875 bits per heavy atom. The van der Waals surface area contributed by atoms with Gasteiger partial charge >= 0.3 is 79.1 Å². The van der Waals surface area contributed by atoms with Crippen LogP contribution >= 0.6 is 37.9 Å². The van der Waals surface area contributed by atoms with E-state index in [0.29, 0.717) is 41.3 Å². The summed E-state index contributed by atoms with van der Waals surface area (Å²) in [6.45, 7) is 0. The molecule has 1 fully saturated rings. The summed E-state index contributed by atoms with van der Waals surface area (Å²) in [4.78, 5) is 0. The molecule has 0 aliphatic carbocycles. The van der Waals surface area contributed by atoms with Gasteiger partial charge in [0.15, 0.2) is 0 Å². The van der Waals surface area contributed by atoms with Crippen molar-refractivity contribution in [1.29, 1.82) is 0 Å². The van der Waals surface area contributed by atoms with Gasteiger partial charge in [-0.3, -0.25) is 0 Å². The molecule has 0 radical (unpaired) electrons. The molecule has 0 amide bonds. The Bertz CT molecular complexity index is 78.6. The van der Waals surface area contributed by atoms with Gasteiger partial charge in [0, 0.05) is 0 Å². The molecule has 0 aromatic carbocycles. The second-order valence-corrected chi connectivity index (χ2v) is 12.9. The van der Waals surface area contributed by atoms with Crippen molar-refractivity contribution in [2.75, 3.05) is 0 Å². The van der Waals surface area contributed by atoms with E-state index in [4.69, 9.17) is 0 Å². The molecule has 1 saturated heterocycles. The predicted octanol–water partition coefficient (Wildman–Crippen LogP) is 0.134. The van der Waals surface area contributed by atoms with Gasteiger partial charge in [-0.1, -0.05) is 0 Å². The molecule has 0 aromatic heterocycles. The van der Waals surface area contributed by atoms with E-state index in [1.807, 2.05) is 0 Å². The Labute approximate surface area is 78.5 Å². The summed E-state index contributed by atoms with van der Waals surface area (Å²) in [5, 5.41) is 0. The van der Waals surface area contributed by atoms with Crippen molar-refractivity contribution in [3.63, 3.8) is 0 Å². The molecule has 0 saturated carbocycles. The molecule has 0 N–H and O–H groups in total. The zero-order chi connectivity index (χ0) is 6.15. The van der Waals surface area contributed by atoms with Crippen LogP contribution in [0.25, 0.3) is 0 Å². The molecule has 8 heavy (non-hydrogen) atoms. The van der Waals surface area contributed by atoms with Crippen LogP contribution in [0.15, 0.2) is 0 Å². The molecular weight excluding hydrogens is 290 g/mol. The number of hydrogen-bond acceptors (Lipinski definition) is 3. The van der Waals surface area contributed by atoms with Crippen molar-refractivity contribution in [2.24, 2.45) is 0 Å². The molecule has 1 aliphatic heterocycles. The van der Waals surface area contributed by atoms with E-state index in [9.17, 15) is 0 Å². The number of thiol groups is 3. The molecule has 1 aliphatic rings. The average Bonchev–Trinajstić information content (AvgIpc) is 1.85. The summed E-state index contributed by atoms with van der Waals surface area (Å²) < 4.78 is 1.79. The summed E-state index contributed by atoms with van der Waals surface area (Å²) >= 11 is 14.4. The van der Waals surface area contributed by atoms with Crippen molar-refractivity contribution in [2.45, 2.75) is 11.3 Å². The van der Waals surface area contributed by atoms with Gasteiger partial charge in [-0.25, -0.2) is 0 Å². The quantitative estimate of drug-likeness (QED) is 0.411. The Morgan fingerprint density at radius 2 is 1.25 bits per heavy atom. The van der Waals surface area contributed by atoms with Crippen LogP contribution < -0.4 is 0 Å². The van der Waals surface area contributed by atoms with Crippen LogP contribution in [0.3, 0.4) is 0 Å². The Hall–Kier alpha value is 2.09. The average molecular weight is 296 g/mol. The normalized spacial score (nSPS) is 47.6. The fraction of sp³-hybridized carbons (Fsp3) is 1.00. The first-order chi connectivity index (χ1) is 3.70. The molecule has 48 valence electrons. The minimum atomic E-state index is 0.563. The molecule has 1 heterocycles. The fourth-order valence-corrected chi connectivity index (χ4v) is 13.1. The molecule has 2 atom stereocenters. The van der Waals surface area contributed by atoms with Crippen molar-refractivity contribution < 1.29 is 0 Å². The van der Waals surface area contributed by atoms with Gasteiger partial charge in [0.25, 0.3) is 0 Å². The van der Waals surface area contributed by atoms with Gasteiger partial charge < -0.3 is 0 Å². The van der Waals surface area contributed by atoms with Gasteiger partial charge in [0.05, 0.1) is 0 Å². The van der Waals surface area contributed by atoms with E-state index in [1.54, 1.807) is 0 Å². The van der Waals surface area contributed by atoms with Gasteiger partial charge in [-0.15, -0.1) is 0 Å². The SMILES string of the molecule is SC1[Se]C(S)C(S)[Se]1.